The van der Waals surface area contributed by atoms with E-state index in [0.29, 0.717) is 11.5 Å². The van der Waals surface area contributed by atoms with E-state index in [1.54, 1.807) is 11.3 Å². The van der Waals surface area contributed by atoms with E-state index in [4.69, 9.17) is 4.74 Å². The summed E-state index contributed by atoms with van der Waals surface area (Å²) in [5.74, 6) is 0. The molecule has 0 spiro atoms. The van der Waals surface area contributed by atoms with Crippen molar-refractivity contribution in [3.63, 3.8) is 0 Å². The molecule has 0 bridgehead atoms. The van der Waals surface area contributed by atoms with Gasteiger partial charge in [-0.15, -0.1) is 11.3 Å². The minimum Gasteiger partial charge on any atom is -0.381 e. The second-order valence-electron chi connectivity index (χ2n) is 5.68. The van der Waals surface area contributed by atoms with Gasteiger partial charge in [0.15, 0.2) is 0 Å². The van der Waals surface area contributed by atoms with Crippen LogP contribution in [0.4, 0.5) is 0 Å². The first-order valence-electron chi connectivity index (χ1n) is 6.82. The lowest BCUT2D eigenvalue weighted by molar-refractivity contribution is 0.0137. The van der Waals surface area contributed by atoms with E-state index >= 15 is 0 Å². The Balaban J connectivity index is 2.03. The highest BCUT2D eigenvalue weighted by Gasteiger charge is 2.33. The van der Waals surface area contributed by atoms with Gasteiger partial charge in [-0.05, 0) is 31.6 Å². The fraction of sp³-hybridized carbons (Fsp3) is 0.786. The van der Waals surface area contributed by atoms with Gasteiger partial charge in [-0.1, -0.05) is 13.8 Å². The van der Waals surface area contributed by atoms with Crippen molar-refractivity contribution >= 4 is 11.3 Å². The van der Waals surface area contributed by atoms with E-state index in [1.165, 1.54) is 10.7 Å². The van der Waals surface area contributed by atoms with Crippen LogP contribution in [0.1, 0.15) is 37.4 Å². The zero-order valence-corrected chi connectivity index (χ0v) is 12.5. The van der Waals surface area contributed by atoms with Crippen LogP contribution in [-0.4, -0.2) is 30.8 Å². The minimum atomic E-state index is 0.336. The smallest absolute Gasteiger partial charge is 0.0897 e. The van der Waals surface area contributed by atoms with Gasteiger partial charge in [0.05, 0.1) is 10.7 Å². The first-order valence-corrected chi connectivity index (χ1v) is 7.70. The lowest BCUT2D eigenvalue weighted by Crippen LogP contribution is -2.43. The molecule has 1 aromatic heterocycles. The zero-order chi connectivity index (χ0) is 13.0. The Bertz CT molecular complexity index is 370. The number of hydrogen-bond donors (Lipinski definition) is 1. The summed E-state index contributed by atoms with van der Waals surface area (Å²) in [5.41, 5.74) is 1.59. The molecule has 102 valence electrons. The number of aryl methyl sites for hydroxylation is 1. The number of nitrogens with one attached hydrogen (secondary N) is 1. The van der Waals surface area contributed by atoms with Crippen LogP contribution in [0, 0.1) is 12.3 Å². The Hall–Kier alpha value is -0.450. The fourth-order valence-electron chi connectivity index (χ4n) is 2.51. The SMILES string of the molecule is Cc1nc(CC2(CNC(C)C)CCOCC2)cs1. The Morgan fingerprint density at radius 1 is 1.44 bits per heavy atom. The van der Waals surface area contributed by atoms with Crippen molar-refractivity contribution in [3.05, 3.63) is 16.1 Å². The van der Waals surface area contributed by atoms with Crippen LogP contribution < -0.4 is 5.32 Å². The van der Waals surface area contributed by atoms with Crippen molar-refractivity contribution in [2.75, 3.05) is 19.8 Å². The van der Waals surface area contributed by atoms with E-state index in [9.17, 15) is 0 Å². The summed E-state index contributed by atoms with van der Waals surface area (Å²) in [6.45, 7) is 9.35. The summed E-state index contributed by atoms with van der Waals surface area (Å²) in [6, 6.07) is 0.543. The summed E-state index contributed by atoms with van der Waals surface area (Å²) in [6.07, 6.45) is 3.37. The highest BCUT2D eigenvalue weighted by atomic mass is 32.1. The van der Waals surface area contributed by atoms with Crippen LogP contribution in [0.2, 0.25) is 0 Å². The molecule has 0 unspecified atom stereocenters. The molecule has 1 aromatic rings. The second kappa shape index (κ2) is 6.13. The van der Waals surface area contributed by atoms with Crippen LogP contribution in [-0.2, 0) is 11.2 Å². The molecule has 18 heavy (non-hydrogen) atoms. The van der Waals surface area contributed by atoms with Gasteiger partial charge >= 0.3 is 0 Å². The van der Waals surface area contributed by atoms with Gasteiger partial charge in [0.2, 0.25) is 0 Å². The van der Waals surface area contributed by atoms with Gasteiger partial charge in [0, 0.05) is 31.2 Å². The van der Waals surface area contributed by atoms with Crippen LogP contribution in [0.15, 0.2) is 5.38 Å². The van der Waals surface area contributed by atoms with Crippen molar-refractivity contribution in [2.45, 2.75) is 46.1 Å². The molecule has 1 saturated heterocycles. The topological polar surface area (TPSA) is 34.2 Å². The highest BCUT2D eigenvalue weighted by molar-refractivity contribution is 7.09. The summed E-state index contributed by atoms with van der Waals surface area (Å²) in [7, 11) is 0. The van der Waals surface area contributed by atoms with E-state index < -0.39 is 0 Å². The minimum absolute atomic E-state index is 0.336. The van der Waals surface area contributed by atoms with Crippen LogP contribution >= 0.6 is 11.3 Å². The van der Waals surface area contributed by atoms with E-state index in [0.717, 1.165) is 39.0 Å². The summed E-state index contributed by atoms with van der Waals surface area (Å²) in [5, 5.41) is 6.98. The molecule has 1 fully saturated rings. The fourth-order valence-corrected chi connectivity index (χ4v) is 3.13. The quantitative estimate of drug-likeness (QED) is 0.891. The first kappa shape index (κ1) is 14.0. The molecule has 0 atom stereocenters. The third-order valence-corrected chi connectivity index (χ3v) is 4.48. The van der Waals surface area contributed by atoms with Crippen LogP contribution in [0.5, 0.6) is 0 Å². The van der Waals surface area contributed by atoms with Gasteiger partial charge in [0.25, 0.3) is 0 Å². The summed E-state index contributed by atoms with van der Waals surface area (Å²) in [4.78, 5) is 4.63. The van der Waals surface area contributed by atoms with Crippen molar-refractivity contribution in [3.8, 4) is 0 Å². The maximum atomic E-state index is 5.53. The number of nitrogens with zero attached hydrogens (tertiary/aromatic N) is 1. The molecule has 0 aliphatic carbocycles. The standard InChI is InChI=1S/C14H24N2OS/c1-11(2)15-10-14(4-6-17-7-5-14)8-13-9-18-12(3)16-13/h9,11,15H,4-8,10H2,1-3H3. The molecule has 3 nitrogen and oxygen atoms in total. The van der Waals surface area contributed by atoms with Crippen molar-refractivity contribution in [1.82, 2.24) is 10.3 Å². The van der Waals surface area contributed by atoms with Crippen molar-refractivity contribution in [2.24, 2.45) is 5.41 Å². The number of aromatic nitrogens is 1. The normalized spacial score (nSPS) is 19.3. The molecule has 4 heteroatoms. The molecular formula is C14H24N2OS. The first-order chi connectivity index (χ1) is 8.60. The predicted molar refractivity (Wildman–Crippen MR) is 76.2 cm³/mol. The Kier molecular flexibility index (Phi) is 4.76. The van der Waals surface area contributed by atoms with Crippen LogP contribution in [0.3, 0.4) is 0 Å². The molecule has 2 heterocycles. The summed E-state index contributed by atoms with van der Waals surface area (Å²) >= 11 is 1.75. The number of thiazole rings is 1. The highest BCUT2D eigenvalue weighted by Crippen LogP contribution is 2.34. The molecule has 1 aliphatic rings. The lowest BCUT2D eigenvalue weighted by Gasteiger charge is -2.37. The molecular weight excluding hydrogens is 244 g/mol. The van der Waals surface area contributed by atoms with Gasteiger partial charge in [-0.25, -0.2) is 4.98 Å². The molecule has 1 aliphatic heterocycles. The molecule has 0 saturated carbocycles. The maximum absolute atomic E-state index is 5.53. The molecule has 0 radical (unpaired) electrons. The molecule has 0 amide bonds. The number of ether oxygens (including phenoxy) is 1. The third-order valence-electron chi connectivity index (χ3n) is 3.66. The van der Waals surface area contributed by atoms with Gasteiger partial charge < -0.3 is 10.1 Å². The second-order valence-corrected chi connectivity index (χ2v) is 6.74. The Morgan fingerprint density at radius 3 is 2.72 bits per heavy atom. The van der Waals surface area contributed by atoms with E-state index in [2.05, 4.69) is 36.5 Å². The van der Waals surface area contributed by atoms with Gasteiger partial charge in [0.1, 0.15) is 0 Å². The van der Waals surface area contributed by atoms with Crippen molar-refractivity contribution in [1.29, 1.82) is 0 Å². The number of hydrogen-bond acceptors (Lipinski definition) is 4. The molecule has 2 rings (SSSR count). The monoisotopic (exact) mass is 268 g/mol. The lowest BCUT2D eigenvalue weighted by atomic mass is 9.76. The van der Waals surface area contributed by atoms with Gasteiger partial charge in [-0.2, -0.15) is 0 Å². The Labute approximate surface area is 114 Å². The van der Waals surface area contributed by atoms with Gasteiger partial charge in [-0.3, -0.25) is 0 Å². The number of rotatable bonds is 5. The summed E-state index contributed by atoms with van der Waals surface area (Å²) < 4.78 is 5.53. The van der Waals surface area contributed by atoms with E-state index in [-0.39, 0.29) is 0 Å². The van der Waals surface area contributed by atoms with Crippen molar-refractivity contribution < 1.29 is 4.74 Å². The zero-order valence-electron chi connectivity index (χ0n) is 11.7. The maximum Gasteiger partial charge on any atom is 0.0897 e. The average Bonchev–Trinajstić information content (AvgIpc) is 2.73. The average molecular weight is 268 g/mol. The predicted octanol–water partition coefficient (Wildman–Crippen LogP) is 2.79. The van der Waals surface area contributed by atoms with E-state index in [1.807, 2.05) is 0 Å². The van der Waals surface area contributed by atoms with Crippen LogP contribution in [0.25, 0.3) is 0 Å². The molecule has 0 aromatic carbocycles. The molecule has 1 N–H and O–H groups in total. The third kappa shape index (κ3) is 3.77. The Morgan fingerprint density at radius 2 is 2.17 bits per heavy atom. The largest absolute Gasteiger partial charge is 0.381 e.